The molecule has 1 fully saturated rings. The van der Waals surface area contributed by atoms with Crippen molar-refractivity contribution < 1.29 is 24.2 Å². The first-order valence-corrected chi connectivity index (χ1v) is 7.69. The number of hydrogen-bond acceptors (Lipinski definition) is 4. The molecule has 1 atom stereocenters. The Labute approximate surface area is 136 Å². The summed E-state index contributed by atoms with van der Waals surface area (Å²) in [5, 5.41) is 8.95. The van der Waals surface area contributed by atoms with Crippen molar-refractivity contribution in [2.24, 2.45) is 0 Å². The molecule has 6 nitrogen and oxygen atoms in total. The van der Waals surface area contributed by atoms with Crippen molar-refractivity contribution in [1.29, 1.82) is 0 Å². The Morgan fingerprint density at radius 3 is 2.48 bits per heavy atom. The first-order chi connectivity index (χ1) is 10.8. The second-order valence-electron chi connectivity index (χ2n) is 6.57. The van der Waals surface area contributed by atoms with Crippen LogP contribution in [0.15, 0.2) is 24.3 Å². The van der Waals surface area contributed by atoms with Crippen LogP contribution in [0.4, 0.5) is 4.79 Å². The predicted molar refractivity (Wildman–Crippen MR) is 84.5 cm³/mol. The summed E-state index contributed by atoms with van der Waals surface area (Å²) in [7, 11) is 0. The maximum Gasteiger partial charge on any atom is 0.410 e. The van der Waals surface area contributed by atoms with Crippen molar-refractivity contribution in [1.82, 2.24) is 4.90 Å². The molecule has 0 aromatic heterocycles. The summed E-state index contributed by atoms with van der Waals surface area (Å²) in [6.45, 7) is 7.02. The van der Waals surface area contributed by atoms with Gasteiger partial charge >= 0.3 is 12.1 Å². The number of amides is 1. The highest BCUT2D eigenvalue weighted by Gasteiger charge is 2.27. The maximum absolute atomic E-state index is 12.3. The van der Waals surface area contributed by atoms with Crippen molar-refractivity contribution >= 4 is 12.1 Å². The average Bonchev–Trinajstić information content (AvgIpc) is 2.71. The molecule has 0 spiro atoms. The van der Waals surface area contributed by atoms with Gasteiger partial charge in [0, 0.05) is 13.2 Å². The minimum Gasteiger partial charge on any atom is -0.478 e. The molecule has 0 unspecified atom stereocenters. The molecule has 1 N–H and O–H groups in total. The molecule has 1 saturated heterocycles. The second-order valence-corrected chi connectivity index (χ2v) is 6.57. The van der Waals surface area contributed by atoms with Crippen molar-refractivity contribution in [2.75, 3.05) is 19.7 Å². The van der Waals surface area contributed by atoms with Crippen LogP contribution >= 0.6 is 0 Å². The van der Waals surface area contributed by atoms with Crippen LogP contribution in [0.2, 0.25) is 0 Å². The minimum atomic E-state index is -0.964. The summed E-state index contributed by atoms with van der Waals surface area (Å²) in [5.74, 6) is -0.964. The fourth-order valence-corrected chi connectivity index (χ4v) is 2.36. The molecule has 1 amide bonds. The van der Waals surface area contributed by atoms with E-state index in [1.54, 1.807) is 29.2 Å². The molecule has 126 valence electrons. The number of carbonyl (C=O) groups is 2. The van der Waals surface area contributed by atoms with Gasteiger partial charge in [0.05, 0.1) is 12.1 Å². The third-order valence-corrected chi connectivity index (χ3v) is 3.46. The van der Waals surface area contributed by atoms with Crippen LogP contribution in [0.5, 0.6) is 0 Å². The predicted octanol–water partition coefficient (Wildman–Crippen LogP) is 3.08. The SMILES string of the molecule is CC(C)(C)OC(=O)N1CCCO[C@H](c2ccc(C(=O)O)cc2)C1. The molecule has 0 aliphatic carbocycles. The Balaban J connectivity index is 2.09. The molecule has 1 aliphatic rings. The zero-order chi connectivity index (χ0) is 17.0. The van der Waals surface area contributed by atoms with E-state index in [2.05, 4.69) is 0 Å². The van der Waals surface area contributed by atoms with Crippen molar-refractivity contribution in [2.45, 2.75) is 38.9 Å². The summed E-state index contributed by atoms with van der Waals surface area (Å²) >= 11 is 0. The van der Waals surface area contributed by atoms with Crippen LogP contribution in [-0.2, 0) is 9.47 Å². The zero-order valence-electron chi connectivity index (χ0n) is 13.7. The van der Waals surface area contributed by atoms with Gasteiger partial charge in [-0.25, -0.2) is 9.59 Å². The lowest BCUT2D eigenvalue weighted by atomic mass is 10.1. The Bertz CT molecular complexity index is 561. The van der Waals surface area contributed by atoms with E-state index in [0.29, 0.717) is 19.7 Å². The van der Waals surface area contributed by atoms with Crippen molar-refractivity contribution in [3.8, 4) is 0 Å². The number of carboxylic acid groups (broad SMARTS) is 1. The Kier molecular flexibility index (Phi) is 5.26. The van der Waals surface area contributed by atoms with Crippen LogP contribution in [0.1, 0.15) is 49.2 Å². The van der Waals surface area contributed by atoms with Crippen LogP contribution < -0.4 is 0 Å². The van der Waals surface area contributed by atoms with Gasteiger partial charge in [0.2, 0.25) is 0 Å². The van der Waals surface area contributed by atoms with Gasteiger partial charge < -0.3 is 19.5 Å². The van der Waals surface area contributed by atoms with Gasteiger partial charge in [-0.3, -0.25) is 0 Å². The molecule has 1 aromatic carbocycles. The smallest absolute Gasteiger partial charge is 0.410 e. The van der Waals surface area contributed by atoms with Gasteiger partial charge in [-0.05, 0) is 44.9 Å². The fraction of sp³-hybridized carbons (Fsp3) is 0.529. The van der Waals surface area contributed by atoms with E-state index < -0.39 is 11.6 Å². The molecule has 23 heavy (non-hydrogen) atoms. The number of hydrogen-bond donors (Lipinski definition) is 1. The summed E-state index contributed by atoms with van der Waals surface area (Å²) in [6, 6.07) is 6.55. The summed E-state index contributed by atoms with van der Waals surface area (Å²) in [4.78, 5) is 24.8. The number of nitrogens with zero attached hydrogens (tertiary/aromatic N) is 1. The standard InChI is InChI=1S/C17H23NO5/c1-17(2,3)23-16(21)18-9-4-10-22-14(11-18)12-5-7-13(8-6-12)15(19)20/h5-8,14H,4,9-11H2,1-3H3,(H,19,20)/t14-/m0/s1. The lowest BCUT2D eigenvalue weighted by Crippen LogP contribution is -2.38. The second kappa shape index (κ2) is 7.00. The highest BCUT2D eigenvalue weighted by atomic mass is 16.6. The lowest BCUT2D eigenvalue weighted by Gasteiger charge is -2.28. The van der Waals surface area contributed by atoms with Crippen molar-refractivity contribution in [3.63, 3.8) is 0 Å². The van der Waals surface area contributed by atoms with E-state index in [0.717, 1.165) is 12.0 Å². The number of ether oxygens (including phenoxy) is 2. The van der Waals surface area contributed by atoms with Crippen LogP contribution in [-0.4, -0.2) is 47.4 Å². The molecule has 0 saturated carbocycles. The van der Waals surface area contributed by atoms with Crippen LogP contribution in [0.3, 0.4) is 0 Å². The Hall–Kier alpha value is -2.08. The zero-order valence-corrected chi connectivity index (χ0v) is 13.7. The molecular formula is C17H23NO5. The molecule has 0 radical (unpaired) electrons. The first kappa shape index (κ1) is 17.3. The van der Waals surface area contributed by atoms with Gasteiger partial charge in [0.25, 0.3) is 0 Å². The van der Waals surface area contributed by atoms with Gasteiger partial charge in [-0.1, -0.05) is 12.1 Å². The van der Waals surface area contributed by atoms with E-state index in [1.807, 2.05) is 20.8 Å². The van der Waals surface area contributed by atoms with Crippen molar-refractivity contribution in [3.05, 3.63) is 35.4 Å². The Morgan fingerprint density at radius 2 is 1.91 bits per heavy atom. The monoisotopic (exact) mass is 321 g/mol. The fourth-order valence-electron chi connectivity index (χ4n) is 2.36. The third-order valence-electron chi connectivity index (χ3n) is 3.46. The quantitative estimate of drug-likeness (QED) is 0.906. The number of benzene rings is 1. The summed E-state index contributed by atoms with van der Waals surface area (Å²) < 4.78 is 11.2. The van der Waals surface area contributed by atoms with E-state index in [-0.39, 0.29) is 17.8 Å². The molecule has 1 aliphatic heterocycles. The highest BCUT2D eigenvalue weighted by molar-refractivity contribution is 5.87. The average molecular weight is 321 g/mol. The normalized spacial score (nSPS) is 19.1. The number of aromatic carboxylic acids is 1. The largest absolute Gasteiger partial charge is 0.478 e. The van der Waals surface area contributed by atoms with Gasteiger partial charge in [0.15, 0.2) is 0 Å². The summed E-state index contributed by atoms with van der Waals surface area (Å²) in [5.41, 5.74) is 0.542. The van der Waals surface area contributed by atoms with Crippen LogP contribution in [0, 0.1) is 0 Å². The number of carbonyl (C=O) groups excluding carboxylic acids is 1. The summed E-state index contributed by atoms with van der Waals surface area (Å²) in [6.07, 6.45) is 0.103. The van der Waals surface area contributed by atoms with Crippen LogP contribution in [0.25, 0.3) is 0 Å². The molecule has 1 aromatic rings. The third kappa shape index (κ3) is 4.96. The first-order valence-electron chi connectivity index (χ1n) is 7.69. The maximum atomic E-state index is 12.3. The molecular weight excluding hydrogens is 298 g/mol. The lowest BCUT2D eigenvalue weighted by molar-refractivity contribution is 0.0140. The number of rotatable bonds is 2. The van der Waals surface area contributed by atoms with Gasteiger partial charge in [0.1, 0.15) is 11.7 Å². The molecule has 0 bridgehead atoms. The van der Waals surface area contributed by atoms with E-state index in [4.69, 9.17) is 14.6 Å². The Morgan fingerprint density at radius 1 is 1.26 bits per heavy atom. The van der Waals surface area contributed by atoms with Gasteiger partial charge in [-0.2, -0.15) is 0 Å². The minimum absolute atomic E-state index is 0.228. The molecule has 1 heterocycles. The number of carboxylic acids is 1. The molecule has 2 rings (SSSR count). The highest BCUT2D eigenvalue weighted by Crippen LogP contribution is 2.23. The van der Waals surface area contributed by atoms with Gasteiger partial charge in [-0.15, -0.1) is 0 Å². The topological polar surface area (TPSA) is 76.1 Å². The van der Waals surface area contributed by atoms with E-state index in [1.165, 1.54) is 0 Å². The van der Waals surface area contributed by atoms with E-state index in [9.17, 15) is 9.59 Å². The molecule has 6 heteroatoms. The van der Waals surface area contributed by atoms with E-state index >= 15 is 0 Å².